The summed E-state index contributed by atoms with van der Waals surface area (Å²) in [7, 11) is 0. The molecule has 0 saturated heterocycles. The molecule has 18 heavy (non-hydrogen) atoms. The molecule has 94 valence electrons. The van der Waals surface area contributed by atoms with E-state index in [1.54, 1.807) is 0 Å². The van der Waals surface area contributed by atoms with Crippen LogP contribution in [0.5, 0.6) is 0 Å². The van der Waals surface area contributed by atoms with E-state index in [4.69, 9.17) is 11.6 Å². The topological polar surface area (TPSA) is 37.8 Å². The van der Waals surface area contributed by atoms with Crippen LogP contribution >= 0.6 is 11.6 Å². The van der Waals surface area contributed by atoms with Gasteiger partial charge in [-0.2, -0.15) is 0 Å². The number of hydrogen-bond donors (Lipinski definition) is 1. The van der Waals surface area contributed by atoms with Crippen LogP contribution in [-0.4, -0.2) is 9.97 Å². The number of halogens is 1. The number of hydrogen-bond acceptors (Lipinski definition) is 3. The van der Waals surface area contributed by atoms with E-state index in [2.05, 4.69) is 41.3 Å². The summed E-state index contributed by atoms with van der Waals surface area (Å²) < 4.78 is 0. The van der Waals surface area contributed by atoms with Gasteiger partial charge in [-0.1, -0.05) is 31.0 Å². The van der Waals surface area contributed by atoms with Gasteiger partial charge in [0.05, 0.1) is 0 Å². The van der Waals surface area contributed by atoms with Crippen LogP contribution in [0.25, 0.3) is 0 Å². The third-order valence-electron chi connectivity index (χ3n) is 2.58. The molecule has 0 aliphatic heterocycles. The molecule has 1 aromatic heterocycles. The maximum Gasteiger partial charge on any atom is 0.224 e. The highest BCUT2D eigenvalue weighted by Gasteiger charge is 2.03. The van der Waals surface area contributed by atoms with Crippen LogP contribution in [0.15, 0.2) is 30.3 Å². The Morgan fingerprint density at radius 3 is 2.56 bits per heavy atom. The zero-order chi connectivity index (χ0) is 13.0. The summed E-state index contributed by atoms with van der Waals surface area (Å²) >= 11 is 5.91. The molecule has 1 aromatic carbocycles. The zero-order valence-electron chi connectivity index (χ0n) is 10.6. The first kappa shape index (κ1) is 12.8. The van der Waals surface area contributed by atoms with Crippen LogP contribution in [0.1, 0.15) is 24.6 Å². The first-order valence-electron chi connectivity index (χ1n) is 6.04. The molecule has 0 aliphatic carbocycles. The fourth-order valence-corrected chi connectivity index (χ4v) is 1.90. The average Bonchev–Trinajstić information content (AvgIpc) is 2.32. The molecule has 2 rings (SSSR count). The van der Waals surface area contributed by atoms with Gasteiger partial charge in [0.15, 0.2) is 0 Å². The number of nitrogens with zero attached hydrogens (tertiary/aromatic N) is 2. The summed E-state index contributed by atoms with van der Waals surface area (Å²) in [6, 6.07) is 10.1. The second-order valence-corrected chi connectivity index (χ2v) is 4.59. The number of aryl methyl sites for hydroxylation is 2. The minimum absolute atomic E-state index is 0.288. The van der Waals surface area contributed by atoms with Gasteiger partial charge in [-0.25, -0.2) is 9.97 Å². The minimum atomic E-state index is 0.288. The van der Waals surface area contributed by atoms with E-state index in [9.17, 15) is 0 Å². The van der Waals surface area contributed by atoms with Crippen molar-refractivity contribution < 1.29 is 0 Å². The molecule has 0 saturated carbocycles. The first-order valence-corrected chi connectivity index (χ1v) is 6.42. The first-order chi connectivity index (χ1) is 8.67. The number of aromatic nitrogens is 2. The highest BCUT2D eigenvalue weighted by Crippen LogP contribution is 2.18. The molecular formula is C14H16ClN3. The van der Waals surface area contributed by atoms with E-state index in [1.165, 1.54) is 5.56 Å². The van der Waals surface area contributed by atoms with E-state index >= 15 is 0 Å². The molecule has 0 spiro atoms. The average molecular weight is 262 g/mol. The SMILES string of the molecule is CCCc1cc(Nc2ccc(C)cc2)nc(Cl)n1. The van der Waals surface area contributed by atoms with E-state index in [0.717, 1.165) is 30.0 Å². The van der Waals surface area contributed by atoms with Crippen LogP contribution in [0.2, 0.25) is 5.28 Å². The molecule has 0 bridgehead atoms. The molecule has 0 atom stereocenters. The molecule has 0 unspecified atom stereocenters. The molecule has 1 N–H and O–H groups in total. The zero-order valence-corrected chi connectivity index (χ0v) is 11.3. The quantitative estimate of drug-likeness (QED) is 0.841. The number of rotatable bonds is 4. The highest BCUT2D eigenvalue weighted by atomic mass is 35.5. The molecule has 0 fully saturated rings. The van der Waals surface area contributed by atoms with Crippen molar-refractivity contribution in [2.24, 2.45) is 0 Å². The van der Waals surface area contributed by atoms with Crippen molar-refractivity contribution >= 4 is 23.1 Å². The summed E-state index contributed by atoms with van der Waals surface area (Å²) in [6.45, 7) is 4.17. The Morgan fingerprint density at radius 2 is 1.89 bits per heavy atom. The van der Waals surface area contributed by atoms with E-state index in [-0.39, 0.29) is 5.28 Å². The predicted molar refractivity (Wildman–Crippen MR) is 75.5 cm³/mol. The van der Waals surface area contributed by atoms with Gasteiger partial charge in [0, 0.05) is 17.4 Å². The largest absolute Gasteiger partial charge is 0.340 e. The normalized spacial score (nSPS) is 10.4. The number of nitrogens with one attached hydrogen (secondary N) is 1. The molecule has 4 heteroatoms. The Kier molecular flexibility index (Phi) is 4.15. The van der Waals surface area contributed by atoms with Gasteiger partial charge >= 0.3 is 0 Å². The van der Waals surface area contributed by atoms with Gasteiger partial charge in [-0.15, -0.1) is 0 Å². The van der Waals surface area contributed by atoms with Crippen LogP contribution in [0, 0.1) is 6.92 Å². The third kappa shape index (κ3) is 3.44. The summed E-state index contributed by atoms with van der Waals surface area (Å²) in [5.74, 6) is 0.738. The molecule has 0 aliphatic rings. The van der Waals surface area contributed by atoms with Crippen molar-refractivity contribution in [1.82, 2.24) is 9.97 Å². The van der Waals surface area contributed by atoms with Crippen molar-refractivity contribution in [3.05, 3.63) is 46.9 Å². The highest BCUT2D eigenvalue weighted by molar-refractivity contribution is 6.28. The Bertz CT molecular complexity index is 523. The monoisotopic (exact) mass is 261 g/mol. The Morgan fingerprint density at radius 1 is 1.17 bits per heavy atom. The Labute approximate surface area is 112 Å². The molecule has 3 nitrogen and oxygen atoms in total. The second kappa shape index (κ2) is 5.83. The van der Waals surface area contributed by atoms with Gasteiger partial charge in [0.1, 0.15) is 5.82 Å². The van der Waals surface area contributed by atoms with Crippen LogP contribution in [0.4, 0.5) is 11.5 Å². The van der Waals surface area contributed by atoms with Crippen LogP contribution in [-0.2, 0) is 6.42 Å². The lowest BCUT2D eigenvalue weighted by Gasteiger charge is -2.07. The fourth-order valence-electron chi connectivity index (χ4n) is 1.70. The van der Waals surface area contributed by atoms with Gasteiger partial charge in [-0.05, 0) is 37.1 Å². The lowest BCUT2D eigenvalue weighted by molar-refractivity contribution is 0.874. The summed E-state index contributed by atoms with van der Waals surface area (Å²) in [5.41, 5.74) is 3.19. The van der Waals surface area contributed by atoms with Gasteiger partial charge in [0.25, 0.3) is 0 Å². The Hall–Kier alpha value is -1.61. The van der Waals surface area contributed by atoms with Crippen molar-refractivity contribution in [2.45, 2.75) is 26.7 Å². The molecule has 0 radical (unpaired) electrons. The minimum Gasteiger partial charge on any atom is -0.340 e. The molecular weight excluding hydrogens is 246 g/mol. The van der Waals surface area contributed by atoms with Gasteiger partial charge in [-0.3, -0.25) is 0 Å². The molecule has 0 amide bonds. The number of anilines is 2. The number of benzene rings is 1. The second-order valence-electron chi connectivity index (χ2n) is 4.25. The summed E-state index contributed by atoms with van der Waals surface area (Å²) in [6.07, 6.45) is 1.95. The lowest BCUT2D eigenvalue weighted by Crippen LogP contribution is -1.99. The van der Waals surface area contributed by atoms with Crippen LogP contribution in [0.3, 0.4) is 0 Å². The van der Waals surface area contributed by atoms with Crippen LogP contribution < -0.4 is 5.32 Å². The van der Waals surface area contributed by atoms with Crippen molar-refractivity contribution in [1.29, 1.82) is 0 Å². The predicted octanol–water partition coefficient (Wildman–Crippen LogP) is 4.13. The van der Waals surface area contributed by atoms with Crippen molar-refractivity contribution in [2.75, 3.05) is 5.32 Å². The van der Waals surface area contributed by atoms with Crippen molar-refractivity contribution in [3.63, 3.8) is 0 Å². The van der Waals surface area contributed by atoms with E-state index < -0.39 is 0 Å². The van der Waals surface area contributed by atoms with Gasteiger partial charge < -0.3 is 5.32 Å². The maximum absolute atomic E-state index is 5.91. The smallest absolute Gasteiger partial charge is 0.224 e. The lowest BCUT2D eigenvalue weighted by atomic mass is 10.2. The van der Waals surface area contributed by atoms with Crippen molar-refractivity contribution in [3.8, 4) is 0 Å². The Balaban J connectivity index is 2.20. The molecule has 1 heterocycles. The molecule has 2 aromatic rings. The maximum atomic E-state index is 5.91. The standard InChI is InChI=1S/C14H16ClN3/c1-3-4-12-9-13(18-14(15)17-12)16-11-7-5-10(2)6-8-11/h5-9H,3-4H2,1-2H3,(H,16,17,18). The third-order valence-corrected chi connectivity index (χ3v) is 2.75. The van der Waals surface area contributed by atoms with Gasteiger partial charge in [0.2, 0.25) is 5.28 Å². The van der Waals surface area contributed by atoms with E-state index in [1.807, 2.05) is 18.2 Å². The fraction of sp³-hybridized carbons (Fsp3) is 0.286. The summed E-state index contributed by atoms with van der Waals surface area (Å²) in [4.78, 5) is 8.37. The summed E-state index contributed by atoms with van der Waals surface area (Å²) in [5, 5.41) is 3.52. The van der Waals surface area contributed by atoms with E-state index in [0.29, 0.717) is 0 Å².